The van der Waals surface area contributed by atoms with Crippen LogP contribution in [-0.2, 0) is 0 Å². The second-order valence-electron chi connectivity index (χ2n) is 5.72. The molecule has 5 nitrogen and oxygen atoms in total. The van der Waals surface area contributed by atoms with E-state index in [2.05, 4.69) is 16.6 Å². The molecule has 0 fully saturated rings. The standard InChI is InChI=1S/C16H21N3O2/c1-11-12(7-6-8-13(11)21-5)15(20)19-18-14(9-10-17)16(2,3)4/h6-8H,9H2,1-5H3,(H,19,20). The zero-order valence-corrected chi connectivity index (χ0v) is 13.2. The van der Waals surface area contributed by atoms with Crippen LogP contribution in [0.5, 0.6) is 5.75 Å². The van der Waals surface area contributed by atoms with Gasteiger partial charge < -0.3 is 4.74 Å². The fourth-order valence-electron chi connectivity index (χ4n) is 1.81. The molecule has 0 bridgehead atoms. The van der Waals surface area contributed by atoms with Gasteiger partial charge in [-0.15, -0.1) is 0 Å². The molecule has 0 aliphatic rings. The van der Waals surface area contributed by atoms with Gasteiger partial charge in [0.05, 0.1) is 25.3 Å². The Morgan fingerprint density at radius 3 is 2.62 bits per heavy atom. The quantitative estimate of drug-likeness (QED) is 0.683. The van der Waals surface area contributed by atoms with Gasteiger partial charge >= 0.3 is 0 Å². The Bertz CT molecular complexity index is 593. The van der Waals surface area contributed by atoms with Crippen molar-refractivity contribution in [3.05, 3.63) is 29.3 Å². The minimum absolute atomic E-state index is 0.181. The maximum Gasteiger partial charge on any atom is 0.271 e. The van der Waals surface area contributed by atoms with Crippen LogP contribution in [0, 0.1) is 23.7 Å². The van der Waals surface area contributed by atoms with E-state index in [1.165, 1.54) is 0 Å². The van der Waals surface area contributed by atoms with Gasteiger partial charge in [-0.05, 0) is 19.1 Å². The van der Waals surface area contributed by atoms with Crippen LogP contribution in [0.4, 0.5) is 0 Å². The first kappa shape index (κ1) is 16.7. The molecule has 0 radical (unpaired) electrons. The third kappa shape index (κ3) is 4.32. The van der Waals surface area contributed by atoms with Crippen LogP contribution in [0.25, 0.3) is 0 Å². The van der Waals surface area contributed by atoms with Gasteiger partial charge in [0.15, 0.2) is 0 Å². The molecule has 1 rings (SSSR count). The molecule has 0 atom stereocenters. The average molecular weight is 287 g/mol. The van der Waals surface area contributed by atoms with Crippen molar-refractivity contribution >= 4 is 11.6 Å². The number of methoxy groups -OCH3 is 1. The van der Waals surface area contributed by atoms with Gasteiger partial charge in [0.1, 0.15) is 5.75 Å². The molecule has 0 aromatic heterocycles. The topological polar surface area (TPSA) is 74.5 Å². The van der Waals surface area contributed by atoms with Crippen molar-refractivity contribution in [1.29, 1.82) is 5.26 Å². The van der Waals surface area contributed by atoms with Gasteiger partial charge in [-0.25, -0.2) is 5.43 Å². The lowest BCUT2D eigenvalue weighted by atomic mass is 9.88. The molecule has 0 aliphatic carbocycles. The molecule has 1 amide bonds. The van der Waals surface area contributed by atoms with Gasteiger partial charge in [-0.2, -0.15) is 10.4 Å². The summed E-state index contributed by atoms with van der Waals surface area (Å²) in [5.74, 6) is 0.339. The number of hydrogen-bond donors (Lipinski definition) is 1. The van der Waals surface area contributed by atoms with Crippen LogP contribution in [-0.4, -0.2) is 18.7 Å². The first-order valence-corrected chi connectivity index (χ1v) is 6.69. The molecule has 0 aliphatic heterocycles. The smallest absolute Gasteiger partial charge is 0.271 e. The third-order valence-electron chi connectivity index (χ3n) is 3.15. The van der Waals surface area contributed by atoms with Gasteiger partial charge in [0.25, 0.3) is 5.91 Å². The van der Waals surface area contributed by atoms with Gasteiger partial charge in [-0.1, -0.05) is 26.8 Å². The Labute approximate surface area is 125 Å². The summed E-state index contributed by atoms with van der Waals surface area (Å²) in [5, 5.41) is 12.9. The third-order valence-corrected chi connectivity index (χ3v) is 3.15. The zero-order chi connectivity index (χ0) is 16.0. The van der Waals surface area contributed by atoms with Crippen LogP contribution >= 0.6 is 0 Å². The number of hydrogen-bond acceptors (Lipinski definition) is 4. The normalized spacial score (nSPS) is 11.7. The Hall–Kier alpha value is -2.35. The number of nitrogens with one attached hydrogen (secondary N) is 1. The fourth-order valence-corrected chi connectivity index (χ4v) is 1.81. The highest BCUT2D eigenvalue weighted by Gasteiger charge is 2.19. The summed E-state index contributed by atoms with van der Waals surface area (Å²) in [7, 11) is 1.56. The number of nitrogens with zero attached hydrogens (tertiary/aromatic N) is 2. The monoisotopic (exact) mass is 287 g/mol. The minimum Gasteiger partial charge on any atom is -0.496 e. The summed E-state index contributed by atoms with van der Waals surface area (Å²) in [4.78, 5) is 12.2. The van der Waals surface area contributed by atoms with Gasteiger partial charge in [0, 0.05) is 16.5 Å². The molecule has 0 unspecified atom stereocenters. The molecule has 112 valence electrons. The molecular weight excluding hydrogens is 266 g/mol. The number of nitriles is 1. The van der Waals surface area contributed by atoms with Crippen molar-refractivity contribution in [2.75, 3.05) is 7.11 Å². The number of hydrazone groups is 1. The molecule has 1 N–H and O–H groups in total. The fraction of sp³-hybridized carbons (Fsp3) is 0.438. The Kier molecular flexibility index (Phi) is 5.48. The first-order valence-electron chi connectivity index (χ1n) is 6.69. The SMILES string of the molecule is COc1cccc(C(=O)NN=C(CC#N)C(C)(C)C)c1C. The van der Waals surface area contributed by atoms with Crippen molar-refractivity contribution < 1.29 is 9.53 Å². The number of benzene rings is 1. The van der Waals surface area contributed by atoms with E-state index in [-0.39, 0.29) is 17.7 Å². The molecule has 21 heavy (non-hydrogen) atoms. The van der Waals surface area contributed by atoms with Crippen molar-refractivity contribution in [3.8, 4) is 11.8 Å². The number of carbonyl (C=O) groups is 1. The Morgan fingerprint density at radius 1 is 1.43 bits per heavy atom. The highest BCUT2D eigenvalue weighted by Crippen LogP contribution is 2.21. The maximum atomic E-state index is 12.2. The summed E-state index contributed by atoms with van der Waals surface area (Å²) in [6.07, 6.45) is 0.181. The van der Waals surface area contributed by atoms with Crippen LogP contribution in [0.3, 0.4) is 0 Å². The summed E-state index contributed by atoms with van der Waals surface area (Å²) in [6, 6.07) is 7.33. The van der Waals surface area contributed by atoms with E-state index >= 15 is 0 Å². The van der Waals surface area contributed by atoms with Crippen LogP contribution in [0.2, 0.25) is 0 Å². The molecule has 1 aromatic carbocycles. The molecule has 5 heteroatoms. The van der Waals surface area contributed by atoms with Crippen LogP contribution < -0.4 is 10.2 Å². The molecule has 1 aromatic rings. The van der Waals surface area contributed by atoms with Gasteiger partial charge in [-0.3, -0.25) is 4.79 Å². The number of ether oxygens (including phenoxy) is 1. The number of amides is 1. The molecule has 0 spiro atoms. The van der Waals surface area contributed by atoms with Crippen LogP contribution in [0.1, 0.15) is 43.1 Å². The highest BCUT2D eigenvalue weighted by molar-refractivity contribution is 5.98. The summed E-state index contributed by atoms with van der Waals surface area (Å²) in [5.41, 5.74) is 4.15. The lowest BCUT2D eigenvalue weighted by Crippen LogP contribution is -2.26. The summed E-state index contributed by atoms with van der Waals surface area (Å²) in [6.45, 7) is 7.67. The Morgan fingerprint density at radius 2 is 2.10 bits per heavy atom. The lowest BCUT2D eigenvalue weighted by molar-refractivity contribution is 0.0953. The number of rotatable bonds is 4. The average Bonchev–Trinajstić information content (AvgIpc) is 2.42. The van der Waals surface area contributed by atoms with E-state index in [9.17, 15) is 4.79 Å². The molecule has 0 saturated carbocycles. The van der Waals surface area contributed by atoms with Crippen molar-refractivity contribution in [2.24, 2.45) is 10.5 Å². The highest BCUT2D eigenvalue weighted by atomic mass is 16.5. The van der Waals surface area contributed by atoms with E-state index in [1.54, 1.807) is 25.3 Å². The molecule has 0 saturated heterocycles. The molecule has 0 heterocycles. The van der Waals surface area contributed by atoms with Crippen molar-refractivity contribution in [1.82, 2.24) is 5.43 Å². The van der Waals surface area contributed by atoms with E-state index < -0.39 is 0 Å². The molecular formula is C16H21N3O2. The minimum atomic E-state index is -0.314. The second-order valence-corrected chi connectivity index (χ2v) is 5.72. The van der Waals surface area contributed by atoms with Crippen molar-refractivity contribution in [3.63, 3.8) is 0 Å². The van der Waals surface area contributed by atoms with Crippen LogP contribution in [0.15, 0.2) is 23.3 Å². The van der Waals surface area contributed by atoms with E-state index in [0.717, 1.165) is 5.56 Å². The maximum absolute atomic E-state index is 12.2. The van der Waals surface area contributed by atoms with E-state index in [1.807, 2.05) is 27.7 Å². The Balaban J connectivity index is 2.99. The zero-order valence-electron chi connectivity index (χ0n) is 13.2. The lowest BCUT2D eigenvalue weighted by Gasteiger charge is -2.19. The van der Waals surface area contributed by atoms with E-state index in [0.29, 0.717) is 17.0 Å². The first-order chi connectivity index (χ1) is 9.81. The predicted molar refractivity (Wildman–Crippen MR) is 82.3 cm³/mol. The summed E-state index contributed by atoms with van der Waals surface area (Å²) < 4.78 is 5.20. The summed E-state index contributed by atoms with van der Waals surface area (Å²) >= 11 is 0. The second kappa shape index (κ2) is 6.89. The van der Waals surface area contributed by atoms with Crippen molar-refractivity contribution in [2.45, 2.75) is 34.1 Å². The van der Waals surface area contributed by atoms with Gasteiger partial charge in [0.2, 0.25) is 0 Å². The largest absolute Gasteiger partial charge is 0.496 e. The predicted octanol–water partition coefficient (Wildman–Crippen LogP) is 3.05. The number of carbonyl (C=O) groups excluding carboxylic acids is 1. The van der Waals surface area contributed by atoms with E-state index in [4.69, 9.17) is 10.00 Å².